The Morgan fingerprint density at radius 3 is 2.63 bits per heavy atom. The Kier molecular flexibility index (Phi) is 8.40. The fraction of sp³-hybridized carbons (Fsp3) is 0.394. The SMILES string of the molecule is Cc1ccc2cc1Oc1cccc(c1)CO[C@H]1CN(C3CCN(C(=O)c4ccccn4)CC3)C[C@@H]1NC(=O)CN(C)C2=O. The second-order valence-corrected chi connectivity index (χ2v) is 11.6. The normalized spacial score (nSPS) is 22.1. The van der Waals surface area contributed by atoms with E-state index in [1.165, 1.54) is 4.90 Å². The van der Waals surface area contributed by atoms with E-state index in [0.29, 0.717) is 55.5 Å². The molecule has 6 rings (SSSR count). The zero-order chi connectivity index (χ0) is 29.9. The van der Waals surface area contributed by atoms with Crippen molar-refractivity contribution < 1.29 is 23.9 Å². The van der Waals surface area contributed by atoms with Crippen LogP contribution in [-0.2, 0) is 16.1 Å². The molecule has 2 aromatic carbocycles. The van der Waals surface area contributed by atoms with Crippen LogP contribution in [0.15, 0.2) is 66.9 Å². The topological polar surface area (TPSA) is 104 Å². The first kappa shape index (κ1) is 28.8. The van der Waals surface area contributed by atoms with Gasteiger partial charge in [0.25, 0.3) is 11.8 Å². The van der Waals surface area contributed by atoms with Gasteiger partial charge in [0.15, 0.2) is 0 Å². The van der Waals surface area contributed by atoms with Gasteiger partial charge in [-0.15, -0.1) is 0 Å². The number of nitrogens with one attached hydrogen (secondary N) is 1. The van der Waals surface area contributed by atoms with Gasteiger partial charge < -0.3 is 24.6 Å². The molecule has 3 aliphatic heterocycles. The number of aromatic nitrogens is 1. The van der Waals surface area contributed by atoms with Gasteiger partial charge in [0.1, 0.15) is 17.2 Å². The number of nitrogens with zero attached hydrogens (tertiary/aromatic N) is 4. The Bertz CT molecular complexity index is 1490. The fourth-order valence-electron chi connectivity index (χ4n) is 6.13. The molecule has 10 heteroatoms. The molecule has 2 fully saturated rings. The van der Waals surface area contributed by atoms with Crippen molar-refractivity contribution in [1.29, 1.82) is 0 Å². The molecule has 1 N–H and O–H groups in total. The van der Waals surface area contributed by atoms with E-state index >= 15 is 0 Å². The number of pyridine rings is 1. The number of aryl methyl sites for hydroxylation is 1. The lowest BCUT2D eigenvalue weighted by atomic mass is 10.0. The number of carbonyl (C=O) groups excluding carboxylic acids is 3. The quantitative estimate of drug-likeness (QED) is 0.494. The van der Waals surface area contributed by atoms with Crippen molar-refractivity contribution in [2.75, 3.05) is 39.8 Å². The number of piperidine rings is 1. The fourth-order valence-corrected chi connectivity index (χ4v) is 6.13. The molecule has 0 spiro atoms. The number of hydrogen-bond donors (Lipinski definition) is 1. The van der Waals surface area contributed by atoms with E-state index in [2.05, 4.69) is 15.2 Å². The van der Waals surface area contributed by atoms with Crippen LogP contribution in [0.3, 0.4) is 0 Å². The van der Waals surface area contributed by atoms with E-state index in [1.54, 1.807) is 37.5 Å². The van der Waals surface area contributed by atoms with Crippen LogP contribution in [0.25, 0.3) is 0 Å². The Hall–Kier alpha value is -4.28. The number of hydrogen-bond acceptors (Lipinski definition) is 7. The highest BCUT2D eigenvalue weighted by Crippen LogP contribution is 2.29. The van der Waals surface area contributed by atoms with Crippen LogP contribution in [0, 0.1) is 6.92 Å². The molecule has 3 amide bonds. The first-order valence-corrected chi connectivity index (χ1v) is 14.8. The standard InChI is InChI=1S/C33H37N5O5/c1-22-9-10-24-17-29(22)43-26-7-5-6-23(16-26)21-42-30-19-38(18-28(30)35-31(39)20-36(2)32(24)40)25-11-14-37(15-12-25)33(41)27-8-3-4-13-34-27/h3-10,13,16-17,25,28,30H,11-12,14-15,18-21H2,1-2H3,(H,35,39)/t28-,30-/m0/s1. The van der Waals surface area contributed by atoms with Crippen LogP contribution >= 0.6 is 0 Å². The maximum absolute atomic E-state index is 13.2. The molecule has 0 aliphatic carbocycles. The minimum Gasteiger partial charge on any atom is -0.457 e. The van der Waals surface area contributed by atoms with Gasteiger partial charge in [0.2, 0.25) is 5.91 Å². The summed E-state index contributed by atoms with van der Waals surface area (Å²) in [4.78, 5) is 49.2. The monoisotopic (exact) mass is 583 g/mol. The summed E-state index contributed by atoms with van der Waals surface area (Å²) < 4.78 is 12.6. The lowest BCUT2D eigenvalue weighted by Crippen LogP contribution is -2.49. The number of benzene rings is 2. The first-order valence-electron chi connectivity index (χ1n) is 14.8. The van der Waals surface area contributed by atoms with Crippen LogP contribution < -0.4 is 10.1 Å². The Balaban J connectivity index is 1.17. The highest BCUT2D eigenvalue weighted by atomic mass is 16.5. The van der Waals surface area contributed by atoms with E-state index in [1.807, 2.05) is 48.2 Å². The third-order valence-electron chi connectivity index (χ3n) is 8.55. The molecule has 43 heavy (non-hydrogen) atoms. The largest absolute Gasteiger partial charge is 0.457 e. The molecule has 4 bridgehead atoms. The van der Waals surface area contributed by atoms with E-state index in [9.17, 15) is 14.4 Å². The predicted octanol–water partition coefficient (Wildman–Crippen LogP) is 3.26. The maximum atomic E-state index is 13.2. The molecule has 0 radical (unpaired) electrons. The summed E-state index contributed by atoms with van der Waals surface area (Å²) in [6, 6.07) is 18.5. The molecule has 10 nitrogen and oxygen atoms in total. The van der Waals surface area contributed by atoms with Crippen LogP contribution in [0.5, 0.6) is 11.5 Å². The number of likely N-dealkylation sites (tertiary alicyclic amines) is 2. The summed E-state index contributed by atoms with van der Waals surface area (Å²) in [6.45, 7) is 4.84. The summed E-state index contributed by atoms with van der Waals surface area (Å²) in [5.41, 5.74) is 2.79. The average Bonchev–Trinajstić information content (AvgIpc) is 3.42. The molecule has 224 valence electrons. The second-order valence-electron chi connectivity index (χ2n) is 11.6. The molecule has 4 heterocycles. The number of amides is 3. The minimum absolute atomic E-state index is 0.0395. The number of ether oxygens (including phenoxy) is 2. The zero-order valence-corrected chi connectivity index (χ0v) is 24.6. The van der Waals surface area contributed by atoms with Crippen molar-refractivity contribution in [3.63, 3.8) is 0 Å². The van der Waals surface area contributed by atoms with Gasteiger partial charge in [-0.25, -0.2) is 0 Å². The summed E-state index contributed by atoms with van der Waals surface area (Å²) in [5, 5.41) is 3.15. The Morgan fingerprint density at radius 2 is 1.84 bits per heavy atom. The number of likely N-dealkylation sites (N-methyl/N-ethyl adjacent to an activating group) is 1. The van der Waals surface area contributed by atoms with Gasteiger partial charge in [0.05, 0.1) is 25.3 Å². The number of rotatable bonds is 2. The third kappa shape index (κ3) is 6.55. The molecule has 2 atom stereocenters. The Morgan fingerprint density at radius 1 is 1.00 bits per heavy atom. The van der Waals surface area contributed by atoms with Crippen molar-refractivity contribution >= 4 is 17.7 Å². The van der Waals surface area contributed by atoms with Crippen molar-refractivity contribution in [3.05, 3.63) is 89.2 Å². The van der Waals surface area contributed by atoms with Crippen LogP contribution in [0.1, 0.15) is 44.8 Å². The van der Waals surface area contributed by atoms with Crippen molar-refractivity contribution in [2.24, 2.45) is 0 Å². The van der Waals surface area contributed by atoms with Gasteiger partial charge in [-0.1, -0.05) is 24.3 Å². The highest BCUT2D eigenvalue weighted by Gasteiger charge is 2.39. The molecular formula is C33H37N5O5. The summed E-state index contributed by atoms with van der Waals surface area (Å²) in [6.07, 6.45) is 3.08. The van der Waals surface area contributed by atoms with E-state index in [-0.39, 0.29) is 42.5 Å². The van der Waals surface area contributed by atoms with Gasteiger partial charge in [0, 0.05) is 51.0 Å². The average molecular weight is 584 g/mol. The Labute approximate surface area is 251 Å². The first-order chi connectivity index (χ1) is 20.8. The van der Waals surface area contributed by atoms with Gasteiger partial charge in [-0.05, 0) is 67.3 Å². The van der Waals surface area contributed by atoms with Gasteiger partial charge >= 0.3 is 0 Å². The highest BCUT2D eigenvalue weighted by molar-refractivity contribution is 5.97. The molecule has 0 saturated carbocycles. The van der Waals surface area contributed by atoms with Gasteiger partial charge in [-0.2, -0.15) is 0 Å². The smallest absolute Gasteiger partial charge is 0.272 e. The van der Waals surface area contributed by atoms with Crippen molar-refractivity contribution in [3.8, 4) is 11.5 Å². The summed E-state index contributed by atoms with van der Waals surface area (Å²) >= 11 is 0. The van der Waals surface area contributed by atoms with Crippen LogP contribution in [0.4, 0.5) is 0 Å². The van der Waals surface area contributed by atoms with Crippen molar-refractivity contribution in [1.82, 2.24) is 25.0 Å². The van der Waals surface area contributed by atoms with E-state index in [4.69, 9.17) is 9.47 Å². The number of fused-ring (bicyclic) bond motifs is 5. The molecule has 3 aromatic rings. The van der Waals surface area contributed by atoms with Crippen LogP contribution in [0.2, 0.25) is 0 Å². The van der Waals surface area contributed by atoms with Crippen LogP contribution in [-0.4, -0.2) is 95.4 Å². The molecule has 1 aromatic heterocycles. The third-order valence-corrected chi connectivity index (χ3v) is 8.55. The van der Waals surface area contributed by atoms with E-state index in [0.717, 1.165) is 24.0 Å². The molecule has 3 aliphatic rings. The van der Waals surface area contributed by atoms with E-state index < -0.39 is 0 Å². The number of carbonyl (C=O) groups is 3. The molecule has 2 saturated heterocycles. The molecule has 0 unspecified atom stereocenters. The minimum atomic E-state index is -0.256. The summed E-state index contributed by atoms with van der Waals surface area (Å²) in [7, 11) is 1.63. The lowest BCUT2D eigenvalue weighted by molar-refractivity contribution is -0.123. The second kappa shape index (κ2) is 12.5. The lowest BCUT2D eigenvalue weighted by Gasteiger charge is -2.36. The zero-order valence-electron chi connectivity index (χ0n) is 24.6. The maximum Gasteiger partial charge on any atom is 0.272 e. The van der Waals surface area contributed by atoms with Crippen molar-refractivity contribution in [2.45, 2.75) is 44.6 Å². The summed E-state index contributed by atoms with van der Waals surface area (Å²) in [5.74, 6) is 0.730. The predicted molar refractivity (Wildman–Crippen MR) is 160 cm³/mol. The van der Waals surface area contributed by atoms with Gasteiger partial charge in [-0.3, -0.25) is 24.3 Å². The molecular weight excluding hydrogens is 546 g/mol.